The van der Waals surface area contributed by atoms with Crippen molar-refractivity contribution >= 4 is 23.1 Å². The Balaban J connectivity index is 1.99. The molecule has 1 heterocycles. The molecule has 0 radical (unpaired) electrons. The zero-order valence-corrected chi connectivity index (χ0v) is 12.5. The highest BCUT2D eigenvalue weighted by Crippen LogP contribution is 2.18. The second kappa shape index (κ2) is 6.81. The summed E-state index contributed by atoms with van der Waals surface area (Å²) in [6, 6.07) is 7.72. The van der Waals surface area contributed by atoms with Crippen LogP contribution in [0.5, 0.6) is 0 Å². The van der Waals surface area contributed by atoms with Crippen molar-refractivity contribution in [1.29, 1.82) is 0 Å². The number of nitrogens with two attached hydrogens (primary N) is 1. The van der Waals surface area contributed by atoms with E-state index in [1.54, 1.807) is 4.90 Å². The maximum absolute atomic E-state index is 12.3. The van der Waals surface area contributed by atoms with Gasteiger partial charge in [0.2, 0.25) is 5.91 Å². The van der Waals surface area contributed by atoms with Gasteiger partial charge in [0.1, 0.15) is 4.99 Å². The van der Waals surface area contributed by atoms with Crippen molar-refractivity contribution in [2.75, 3.05) is 20.3 Å². The van der Waals surface area contributed by atoms with E-state index in [1.807, 2.05) is 31.3 Å². The summed E-state index contributed by atoms with van der Waals surface area (Å²) in [5.41, 5.74) is 7.50. The van der Waals surface area contributed by atoms with Gasteiger partial charge < -0.3 is 15.4 Å². The monoisotopic (exact) mass is 292 g/mol. The topological polar surface area (TPSA) is 55.6 Å². The molecule has 0 bridgehead atoms. The van der Waals surface area contributed by atoms with E-state index >= 15 is 0 Å². The Hall–Kier alpha value is -1.46. The second-order valence-corrected chi connectivity index (χ2v) is 5.59. The number of ether oxygens (including phenoxy) is 1. The number of hydrogen-bond acceptors (Lipinski definition) is 3. The molecule has 1 aromatic carbocycles. The van der Waals surface area contributed by atoms with E-state index in [9.17, 15) is 4.79 Å². The zero-order chi connectivity index (χ0) is 14.5. The number of rotatable bonds is 4. The van der Waals surface area contributed by atoms with Gasteiger partial charge in [-0.05, 0) is 24.5 Å². The smallest absolute Gasteiger partial charge is 0.225 e. The van der Waals surface area contributed by atoms with E-state index in [0.29, 0.717) is 24.7 Å². The van der Waals surface area contributed by atoms with Crippen molar-refractivity contribution in [3.05, 3.63) is 35.4 Å². The number of nitrogens with zero attached hydrogens (tertiary/aromatic N) is 1. The van der Waals surface area contributed by atoms with Gasteiger partial charge in [-0.15, -0.1) is 0 Å². The molecule has 0 saturated carbocycles. The van der Waals surface area contributed by atoms with Crippen molar-refractivity contribution in [3.63, 3.8) is 0 Å². The van der Waals surface area contributed by atoms with Crippen molar-refractivity contribution in [1.82, 2.24) is 4.90 Å². The second-order valence-electron chi connectivity index (χ2n) is 5.15. The molecule has 0 aliphatic carbocycles. The first kappa shape index (κ1) is 14.9. The molecule has 2 N–H and O–H groups in total. The van der Waals surface area contributed by atoms with E-state index in [4.69, 9.17) is 22.7 Å². The van der Waals surface area contributed by atoms with Crippen LogP contribution in [0, 0.1) is 5.92 Å². The van der Waals surface area contributed by atoms with Crippen molar-refractivity contribution in [3.8, 4) is 0 Å². The summed E-state index contributed by atoms with van der Waals surface area (Å²) in [6.45, 7) is 1.94. The summed E-state index contributed by atoms with van der Waals surface area (Å²) in [5, 5.41) is 0. The first-order chi connectivity index (χ1) is 9.58. The van der Waals surface area contributed by atoms with Crippen LogP contribution in [0.2, 0.25) is 0 Å². The SMILES string of the molecule is CN(Cc1cccc(C(N)=S)c1)C(=O)C1CCOCC1. The van der Waals surface area contributed by atoms with E-state index in [0.717, 1.165) is 24.0 Å². The minimum absolute atomic E-state index is 0.0903. The van der Waals surface area contributed by atoms with Gasteiger partial charge in [-0.2, -0.15) is 0 Å². The fourth-order valence-electron chi connectivity index (χ4n) is 2.43. The molecule has 2 rings (SSSR count). The molecule has 5 heteroatoms. The van der Waals surface area contributed by atoms with Gasteiger partial charge in [-0.25, -0.2) is 0 Å². The summed E-state index contributed by atoms with van der Waals surface area (Å²) < 4.78 is 5.29. The first-order valence-corrected chi connectivity index (χ1v) is 7.20. The summed E-state index contributed by atoms with van der Waals surface area (Å²) in [4.78, 5) is 14.5. The molecule has 1 amide bonds. The van der Waals surface area contributed by atoms with Gasteiger partial charge in [0, 0.05) is 38.3 Å². The van der Waals surface area contributed by atoms with Crippen LogP contribution in [0.4, 0.5) is 0 Å². The Morgan fingerprint density at radius 2 is 2.15 bits per heavy atom. The molecular formula is C15H20N2O2S. The van der Waals surface area contributed by atoms with Crippen LogP contribution in [0.15, 0.2) is 24.3 Å². The summed E-state index contributed by atoms with van der Waals surface area (Å²) >= 11 is 4.97. The molecule has 20 heavy (non-hydrogen) atoms. The average Bonchev–Trinajstić information content (AvgIpc) is 2.47. The van der Waals surface area contributed by atoms with Gasteiger partial charge in [0.15, 0.2) is 0 Å². The Morgan fingerprint density at radius 1 is 1.45 bits per heavy atom. The molecule has 1 aromatic rings. The molecule has 0 atom stereocenters. The fourth-order valence-corrected chi connectivity index (χ4v) is 2.56. The minimum atomic E-state index is 0.0903. The summed E-state index contributed by atoms with van der Waals surface area (Å²) in [7, 11) is 1.84. The maximum Gasteiger partial charge on any atom is 0.225 e. The summed E-state index contributed by atoms with van der Waals surface area (Å²) in [5.74, 6) is 0.279. The highest BCUT2D eigenvalue weighted by molar-refractivity contribution is 7.80. The lowest BCUT2D eigenvalue weighted by Crippen LogP contribution is -2.35. The molecular weight excluding hydrogens is 272 g/mol. The molecule has 0 unspecified atom stereocenters. The molecule has 1 fully saturated rings. The van der Waals surface area contributed by atoms with Gasteiger partial charge in [-0.3, -0.25) is 4.79 Å². The molecule has 1 aliphatic heterocycles. The van der Waals surface area contributed by atoms with Gasteiger partial charge in [0.05, 0.1) is 0 Å². The Kier molecular flexibility index (Phi) is 5.09. The van der Waals surface area contributed by atoms with Crippen LogP contribution < -0.4 is 5.73 Å². The third-order valence-electron chi connectivity index (χ3n) is 3.58. The average molecular weight is 292 g/mol. The van der Waals surface area contributed by atoms with Crippen molar-refractivity contribution in [2.24, 2.45) is 11.7 Å². The van der Waals surface area contributed by atoms with Crippen LogP contribution in [-0.2, 0) is 16.1 Å². The lowest BCUT2D eigenvalue weighted by atomic mass is 9.98. The van der Waals surface area contributed by atoms with Gasteiger partial charge >= 0.3 is 0 Å². The standard InChI is InChI=1S/C15H20N2O2S/c1-17(15(18)12-5-7-19-8-6-12)10-11-3-2-4-13(9-11)14(16)20/h2-4,9,12H,5-8,10H2,1H3,(H2,16,20). The van der Waals surface area contributed by atoms with Crippen LogP contribution in [0.3, 0.4) is 0 Å². The van der Waals surface area contributed by atoms with Crippen LogP contribution >= 0.6 is 12.2 Å². The zero-order valence-electron chi connectivity index (χ0n) is 11.7. The Morgan fingerprint density at radius 3 is 2.80 bits per heavy atom. The highest BCUT2D eigenvalue weighted by atomic mass is 32.1. The number of carbonyl (C=O) groups is 1. The number of carbonyl (C=O) groups excluding carboxylic acids is 1. The van der Waals surface area contributed by atoms with Gasteiger partial charge in [0.25, 0.3) is 0 Å². The summed E-state index contributed by atoms with van der Waals surface area (Å²) in [6.07, 6.45) is 1.63. The predicted molar refractivity (Wildman–Crippen MR) is 82.3 cm³/mol. The minimum Gasteiger partial charge on any atom is -0.389 e. The predicted octanol–water partition coefficient (Wildman–Crippen LogP) is 1.71. The third-order valence-corrected chi connectivity index (χ3v) is 3.81. The van der Waals surface area contributed by atoms with E-state index in [2.05, 4.69) is 0 Å². The molecule has 0 aromatic heterocycles. The van der Waals surface area contributed by atoms with E-state index in [1.165, 1.54) is 0 Å². The van der Waals surface area contributed by atoms with Crippen molar-refractivity contribution in [2.45, 2.75) is 19.4 Å². The molecule has 0 spiro atoms. The van der Waals surface area contributed by atoms with Crippen LogP contribution in [-0.4, -0.2) is 36.1 Å². The molecule has 1 saturated heterocycles. The van der Waals surface area contributed by atoms with E-state index in [-0.39, 0.29) is 11.8 Å². The third kappa shape index (κ3) is 3.77. The number of hydrogen-bond donors (Lipinski definition) is 1. The van der Waals surface area contributed by atoms with Crippen LogP contribution in [0.1, 0.15) is 24.0 Å². The number of amides is 1. The maximum atomic E-state index is 12.3. The fraction of sp³-hybridized carbons (Fsp3) is 0.467. The lowest BCUT2D eigenvalue weighted by Gasteiger charge is -2.26. The van der Waals surface area contributed by atoms with Gasteiger partial charge in [-0.1, -0.05) is 30.4 Å². The molecule has 108 valence electrons. The first-order valence-electron chi connectivity index (χ1n) is 6.79. The lowest BCUT2D eigenvalue weighted by molar-refractivity contribution is -0.137. The number of thiocarbonyl (C=S) groups is 1. The highest BCUT2D eigenvalue weighted by Gasteiger charge is 2.24. The largest absolute Gasteiger partial charge is 0.389 e. The van der Waals surface area contributed by atoms with Crippen LogP contribution in [0.25, 0.3) is 0 Å². The quantitative estimate of drug-likeness (QED) is 0.858. The Labute approximate surface area is 124 Å². The normalized spacial score (nSPS) is 15.8. The number of benzene rings is 1. The molecule has 1 aliphatic rings. The van der Waals surface area contributed by atoms with E-state index < -0.39 is 0 Å². The molecule has 4 nitrogen and oxygen atoms in total. The van der Waals surface area contributed by atoms with Crippen molar-refractivity contribution < 1.29 is 9.53 Å². The Bertz CT molecular complexity index is 498.